The van der Waals surface area contributed by atoms with Gasteiger partial charge < -0.3 is 0 Å². The molecule has 9 nitrogen and oxygen atoms in total. The van der Waals surface area contributed by atoms with Crippen LogP contribution >= 0.6 is 0 Å². The first-order chi connectivity index (χ1) is 34.0. The number of hydrogen-bond donors (Lipinski definition) is 0. The van der Waals surface area contributed by atoms with Crippen LogP contribution in [0.5, 0.6) is 0 Å². The van der Waals surface area contributed by atoms with E-state index >= 15 is 0 Å². The van der Waals surface area contributed by atoms with Gasteiger partial charge in [-0.2, -0.15) is 0 Å². The van der Waals surface area contributed by atoms with Gasteiger partial charge in [-0.1, -0.05) is 109 Å². The van der Waals surface area contributed by atoms with Crippen molar-refractivity contribution in [3.8, 4) is 51.2 Å². The van der Waals surface area contributed by atoms with E-state index in [4.69, 9.17) is 15.0 Å². The van der Waals surface area contributed by atoms with Crippen molar-refractivity contribution in [2.45, 2.75) is 0 Å². The number of benzene rings is 9. The van der Waals surface area contributed by atoms with Gasteiger partial charge in [-0.05, 0) is 125 Å². The molecule has 0 spiro atoms. The molecule has 9 heteroatoms. The van der Waals surface area contributed by atoms with E-state index in [2.05, 4.69) is 18.2 Å². The fourth-order valence-corrected chi connectivity index (χ4v) is 9.92. The van der Waals surface area contributed by atoms with Crippen LogP contribution in [-0.4, -0.2) is 28.7 Å². The quantitative estimate of drug-likeness (QED) is 0.154. The summed E-state index contributed by atoms with van der Waals surface area (Å²) in [6, 6.07) is 69.9. The van der Waals surface area contributed by atoms with Gasteiger partial charge in [-0.3, -0.25) is 28.1 Å². The van der Waals surface area contributed by atoms with Crippen LogP contribution in [0.3, 0.4) is 0 Å². The highest BCUT2D eigenvalue weighted by atomic mass is 16.1. The van der Waals surface area contributed by atoms with Crippen molar-refractivity contribution < 1.29 is 0 Å². The highest BCUT2D eigenvalue weighted by Crippen LogP contribution is 2.35. The van der Waals surface area contributed by atoms with Crippen molar-refractivity contribution in [1.29, 1.82) is 0 Å². The zero-order chi connectivity index (χ0) is 46.2. The standard InChI is InChI=1S/C60H36N6O3/c67-58-46-25-13-10-22-43(46)49-34-37(28-31-52(49)64(58)40-16-4-1-5-17-40)55-61-56(38-29-32-53-50(35-38)44-23-11-14-26-47(44)59(68)65(53)41-18-6-2-7-19-41)63-57(62-55)39-30-33-54-51(36-39)45-24-12-15-27-48(45)60(69)66(54)42-20-8-3-9-21-42/h1-36H. The number of hydrogen-bond acceptors (Lipinski definition) is 6. The molecule has 4 heterocycles. The lowest BCUT2D eigenvalue weighted by Crippen LogP contribution is -2.19. The van der Waals surface area contributed by atoms with Crippen LogP contribution in [0.15, 0.2) is 233 Å². The summed E-state index contributed by atoms with van der Waals surface area (Å²) < 4.78 is 5.28. The molecule has 0 aliphatic rings. The number of para-hydroxylation sites is 3. The lowest BCUT2D eigenvalue weighted by atomic mass is 10.0. The summed E-state index contributed by atoms with van der Waals surface area (Å²) in [6.07, 6.45) is 0. The summed E-state index contributed by atoms with van der Waals surface area (Å²) in [5.41, 5.74) is 6.40. The van der Waals surface area contributed by atoms with Crippen LogP contribution in [0.2, 0.25) is 0 Å². The van der Waals surface area contributed by atoms with Crippen LogP contribution in [-0.2, 0) is 0 Å². The van der Waals surface area contributed by atoms with Crippen molar-refractivity contribution in [3.63, 3.8) is 0 Å². The molecule has 69 heavy (non-hydrogen) atoms. The number of pyridine rings is 3. The summed E-state index contributed by atoms with van der Waals surface area (Å²) in [5, 5.41) is 6.83. The maximum atomic E-state index is 14.2. The Morgan fingerprint density at radius 1 is 0.246 bits per heavy atom. The molecule has 0 unspecified atom stereocenters. The van der Waals surface area contributed by atoms with Gasteiger partial charge in [-0.25, -0.2) is 15.0 Å². The molecule has 0 N–H and O–H groups in total. The van der Waals surface area contributed by atoms with Crippen LogP contribution in [0.1, 0.15) is 0 Å². The minimum absolute atomic E-state index is 0.107. The predicted octanol–water partition coefficient (Wildman–Crippen LogP) is 12.2. The van der Waals surface area contributed by atoms with Gasteiger partial charge >= 0.3 is 0 Å². The minimum Gasteiger partial charge on any atom is -0.276 e. The first-order valence-corrected chi connectivity index (χ1v) is 22.6. The highest BCUT2D eigenvalue weighted by molar-refractivity contribution is 6.10. The Labute approximate surface area is 392 Å². The second kappa shape index (κ2) is 15.8. The third-order valence-electron chi connectivity index (χ3n) is 13.1. The summed E-state index contributed by atoms with van der Waals surface area (Å²) in [4.78, 5) is 58.3. The molecule has 0 aliphatic heterocycles. The molecule has 0 bridgehead atoms. The predicted molar refractivity (Wildman–Crippen MR) is 278 cm³/mol. The number of rotatable bonds is 6. The van der Waals surface area contributed by atoms with E-state index in [1.54, 1.807) is 13.7 Å². The van der Waals surface area contributed by atoms with E-state index in [-0.39, 0.29) is 16.7 Å². The van der Waals surface area contributed by atoms with Crippen LogP contribution < -0.4 is 16.7 Å². The molecular formula is C60H36N6O3. The summed E-state index contributed by atoms with van der Waals surface area (Å²) in [6.45, 7) is 0. The van der Waals surface area contributed by atoms with Gasteiger partial charge in [-0.15, -0.1) is 0 Å². The topological polar surface area (TPSA) is 105 Å². The van der Waals surface area contributed by atoms with Crippen molar-refractivity contribution in [1.82, 2.24) is 28.7 Å². The maximum Gasteiger partial charge on any atom is 0.263 e. The third-order valence-corrected chi connectivity index (χ3v) is 13.1. The van der Waals surface area contributed by atoms with Crippen molar-refractivity contribution in [2.75, 3.05) is 0 Å². The second-order valence-corrected chi connectivity index (χ2v) is 17.1. The lowest BCUT2D eigenvalue weighted by molar-refractivity contribution is 1.05. The molecule has 13 rings (SSSR count). The average molecular weight is 889 g/mol. The maximum absolute atomic E-state index is 14.2. The number of nitrogens with zero attached hydrogens (tertiary/aromatic N) is 6. The second-order valence-electron chi connectivity index (χ2n) is 17.1. The Balaban J connectivity index is 1.08. The summed E-state index contributed by atoms with van der Waals surface area (Å²) >= 11 is 0. The van der Waals surface area contributed by atoms with Crippen molar-refractivity contribution >= 4 is 65.0 Å². The summed E-state index contributed by atoms with van der Waals surface area (Å²) in [7, 11) is 0. The minimum atomic E-state index is -0.107. The monoisotopic (exact) mass is 888 g/mol. The van der Waals surface area contributed by atoms with Gasteiger partial charge in [0.2, 0.25) is 0 Å². The van der Waals surface area contributed by atoms with E-state index in [0.717, 1.165) is 82.6 Å². The number of aromatic nitrogens is 6. The number of fused-ring (bicyclic) bond motifs is 9. The SMILES string of the molecule is O=c1c2ccccc2c2cc(-c3nc(-c4ccc5c(c4)c4ccccc4c(=O)n5-c4ccccc4)nc(-c4ccc5c(c4)c4ccccc4c(=O)n5-c4ccccc4)n3)ccc2n1-c1ccccc1. The molecule has 0 saturated heterocycles. The van der Waals surface area contributed by atoms with E-state index < -0.39 is 0 Å². The fourth-order valence-electron chi connectivity index (χ4n) is 9.92. The Morgan fingerprint density at radius 2 is 0.493 bits per heavy atom. The van der Waals surface area contributed by atoms with E-state index in [0.29, 0.717) is 33.6 Å². The molecule has 0 saturated carbocycles. The molecule has 0 amide bonds. The average Bonchev–Trinajstić information content (AvgIpc) is 3.42. The van der Waals surface area contributed by atoms with Gasteiger partial charge in [0.1, 0.15) is 0 Å². The van der Waals surface area contributed by atoms with Gasteiger partial charge in [0, 0.05) is 66.1 Å². The largest absolute Gasteiger partial charge is 0.276 e. The normalized spacial score (nSPS) is 11.7. The molecule has 13 aromatic rings. The zero-order valence-electron chi connectivity index (χ0n) is 36.7. The molecular weight excluding hydrogens is 853 g/mol. The Kier molecular flexibility index (Phi) is 9.09. The molecule has 0 fully saturated rings. The molecule has 324 valence electrons. The Hall–Kier alpha value is -9.60. The van der Waals surface area contributed by atoms with Crippen LogP contribution in [0.4, 0.5) is 0 Å². The van der Waals surface area contributed by atoms with Gasteiger partial charge in [0.15, 0.2) is 17.5 Å². The Bertz CT molecular complexity index is 3970. The lowest BCUT2D eigenvalue weighted by Gasteiger charge is -2.16. The zero-order valence-corrected chi connectivity index (χ0v) is 36.7. The molecule has 0 radical (unpaired) electrons. The first kappa shape index (κ1) is 39.7. The van der Waals surface area contributed by atoms with E-state index in [9.17, 15) is 14.4 Å². The molecule has 0 aliphatic carbocycles. The van der Waals surface area contributed by atoms with E-state index in [1.165, 1.54) is 0 Å². The fraction of sp³-hybridized carbons (Fsp3) is 0. The van der Waals surface area contributed by atoms with E-state index in [1.807, 2.05) is 200 Å². The summed E-state index contributed by atoms with van der Waals surface area (Å²) in [5.74, 6) is 1.28. The van der Waals surface area contributed by atoms with Crippen molar-refractivity contribution in [3.05, 3.63) is 249 Å². The molecule has 9 aromatic carbocycles. The van der Waals surface area contributed by atoms with Crippen LogP contribution in [0, 0.1) is 0 Å². The molecule has 0 atom stereocenters. The highest BCUT2D eigenvalue weighted by Gasteiger charge is 2.20. The van der Waals surface area contributed by atoms with Crippen molar-refractivity contribution in [2.24, 2.45) is 0 Å². The molecule has 4 aromatic heterocycles. The Morgan fingerprint density at radius 3 is 0.768 bits per heavy atom. The third kappa shape index (κ3) is 6.40. The van der Waals surface area contributed by atoms with Gasteiger partial charge in [0.25, 0.3) is 16.7 Å². The van der Waals surface area contributed by atoms with Crippen LogP contribution in [0.25, 0.3) is 116 Å². The smallest absolute Gasteiger partial charge is 0.263 e. The van der Waals surface area contributed by atoms with Gasteiger partial charge in [0.05, 0.1) is 16.6 Å². The first-order valence-electron chi connectivity index (χ1n) is 22.6.